The van der Waals surface area contributed by atoms with Crippen molar-refractivity contribution in [2.24, 2.45) is 0 Å². The monoisotopic (exact) mass is 632 g/mol. The average Bonchev–Trinajstić information content (AvgIpc) is 3.65. The van der Waals surface area contributed by atoms with Crippen LogP contribution in [0.25, 0.3) is 32.9 Å². The van der Waals surface area contributed by atoms with Gasteiger partial charge in [0.25, 0.3) is 0 Å². The van der Waals surface area contributed by atoms with Gasteiger partial charge in [-0.05, 0) is 68.8 Å². The largest absolute Gasteiger partial charge is 0.508 e. The Morgan fingerprint density at radius 2 is 1.85 bits per heavy atom. The number of phenolic OH excluding ortho intramolecular Hbond substituents is 1. The summed E-state index contributed by atoms with van der Waals surface area (Å²) < 4.78 is 52.6. The summed E-state index contributed by atoms with van der Waals surface area (Å²) in [5.74, 6) is 1.14. The summed E-state index contributed by atoms with van der Waals surface area (Å²) >= 11 is 0. The molecular weight excluding hydrogens is 593 g/mol. The van der Waals surface area contributed by atoms with Crippen LogP contribution in [0.3, 0.4) is 0 Å². The number of fused-ring (bicyclic) bond motifs is 3. The van der Waals surface area contributed by atoms with Gasteiger partial charge >= 0.3 is 6.01 Å². The number of alkyl halides is 1. The molecule has 1 atom stereocenters. The van der Waals surface area contributed by atoms with Gasteiger partial charge in [-0.15, -0.1) is 6.42 Å². The van der Waals surface area contributed by atoms with E-state index in [1.807, 2.05) is 20.8 Å². The molecule has 0 saturated carbocycles. The number of anilines is 1. The fraction of sp³-hybridized carbons (Fsp3) is 0.457. The Bertz CT molecular complexity index is 1820. The van der Waals surface area contributed by atoms with E-state index in [9.17, 15) is 13.9 Å². The Labute approximate surface area is 267 Å². The Morgan fingerprint density at radius 3 is 2.54 bits per heavy atom. The molecule has 11 heteroatoms. The van der Waals surface area contributed by atoms with Gasteiger partial charge in [0.15, 0.2) is 12.1 Å². The number of hydrogen-bond acceptors (Lipinski definition) is 8. The average molecular weight is 633 g/mol. The molecular formula is C35H39F3N6O2. The maximum absolute atomic E-state index is 16.9. The van der Waals surface area contributed by atoms with E-state index in [2.05, 4.69) is 21.1 Å². The standard InChI is InChI=1S/C33H33F3N6O2.C2H6/c1-3-21-23(34)8-7-19-15-20(43)16-22(26(19)21)29-28(36)30-27(24(4-2)38-29)31(41-14-11-37-25(35)17-41)40-32(39-30)44-18-33-9-5-12-42(33)13-6-10-33;1-2/h1,7-8,15-16,25,37,43H,4-6,9-14,17-18H2,2H3;1-2H3. The second-order valence-corrected chi connectivity index (χ2v) is 11.9. The van der Waals surface area contributed by atoms with Gasteiger partial charge in [0.2, 0.25) is 0 Å². The van der Waals surface area contributed by atoms with Crippen LogP contribution < -0.4 is 15.0 Å². The fourth-order valence-electron chi connectivity index (χ4n) is 7.24. The number of halogens is 3. The third kappa shape index (κ3) is 5.47. The molecule has 8 nitrogen and oxygen atoms in total. The van der Waals surface area contributed by atoms with Crippen LogP contribution in [-0.2, 0) is 6.42 Å². The molecule has 0 aliphatic carbocycles. The third-order valence-electron chi connectivity index (χ3n) is 9.32. The number of pyridine rings is 1. The van der Waals surface area contributed by atoms with Gasteiger partial charge in [-0.25, -0.2) is 18.2 Å². The van der Waals surface area contributed by atoms with Crippen LogP contribution in [0.4, 0.5) is 19.0 Å². The molecule has 3 aliphatic heterocycles. The van der Waals surface area contributed by atoms with Gasteiger partial charge in [0, 0.05) is 24.0 Å². The number of hydrogen-bond donors (Lipinski definition) is 2. The maximum atomic E-state index is 16.9. The molecule has 0 radical (unpaired) electrons. The number of benzene rings is 2. The zero-order chi connectivity index (χ0) is 32.6. The minimum absolute atomic E-state index is 0.00351. The Balaban J connectivity index is 0.00000182. The first-order valence-corrected chi connectivity index (χ1v) is 16.1. The van der Waals surface area contributed by atoms with Crippen LogP contribution in [0.1, 0.15) is 57.7 Å². The highest BCUT2D eigenvalue weighted by molar-refractivity contribution is 6.03. The molecule has 0 spiro atoms. The Hall–Kier alpha value is -4.14. The molecule has 3 fully saturated rings. The highest BCUT2D eigenvalue weighted by atomic mass is 19.1. The van der Waals surface area contributed by atoms with Crippen molar-refractivity contribution in [3.8, 4) is 35.4 Å². The number of nitrogens with one attached hydrogen (secondary N) is 1. The van der Waals surface area contributed by atoms with Crippen LogP contribution in [0.15, 0.2) is 24.3 Å². The normalized spacial score (nSPS) is 19.2. The van der Waals surface area contributed by atoms with Crippen LogP contribution >= 0.6 is 0 Å². The number of ether oxygens (including phenoxy) is 1. The summed E-state index contributed by atoms with van der Waals surface area (Å²) in [4.78, 5) is 18.3. The molecule has 3 aliphatic rings. The van der Waals surface area contributed by atoms with Crippen molar-refractivity contribution >= 4 is 27.5 Å². The van der Waals surface area contributed by atoms with Crippen molar-refractivity contribution in [1.82, 2.24) is 25.2 Å². The van der Waals surface area contributed by atoms with Crippen LogP contribution in [0, 0.1) is 24.0 Å². The van der Waals surface area contributed by atoms with Crippen LogP contribution in [0.5, 0.6) is 11.8 Å². The molecule has 4 aromatic rings. The molecule has 2 N–H and O–H groups in total. The fourth-order valence-corrected chi connectivity index (χ4v) is 7.24. The first-order valence-electron chi connectivity index (χ1n) is 16.1. The summed E-state index contributed by atoms with van der Waals surface area (Å²) in [7, 11) is 0. The molecule has 0 amide bonds. The van der Waals surface area contributed by atoms with E-state index in [0.717, 1.165) is 38.8 Å². The predicted octanol–water partition coefficient (Wildman–Crippen LogP) is 6.11. The Kier molecular flexibility index (Phi) is 8.95. The smallest absolute Gasteiger partial charge is 0.319 e. The second-order valence-electron chi connectivity index (χ2n) is 11.9. The highest BCUT2D eigenvalue weighted by Gasteiger charge is 2.45. The van der Waals surface area contributed by atoms with Crippen molar-refractivity contribution in [2.75, 3.05) is 44.2 Å². The molecule has 2 aromatic carbocycles. The number of nitrogens with zero attached hydrogens (tertiary/aromatic N) is 5. The van der Waals surface area contributed by atoms with Gasteiger partial charge in [-0.2, -0.15) is 9.97 Å². The number of aromatic nitrogens is 3. The first kappa shape index (κ1) is 31.8. The van der Waals surface area contributed by atoms with E-state index < -0.39 is 17.9 Å². The minimum atomic E-state index is -1.29. The highest BCUT2D eigenvalue weighted by Crippen LogP contribution is 2.42. The lowest BCUT2D eigenvalue weighted by molar-refractivity contribution is 0.108. The summed E-state index contributed by atoms with van der Waals surface area (Å²) in [5.41, 5.74) is 0.289. The van der Waals surface area contributed by atoms with E-state index in [4.69, 9.17) is 21.1 Å². The topological polar surface area (TPSA) is 86.6 Å². The third-order valence-corrected chi connectivity index (χ3v) is 9.32. The lowest BCUT2D eigenvalue weighted by Gasteiger charge is -2.33. The molecule has 46 heavy (non-hydrogen) atoms. The summed E-state index contributed by atoms with van der Waals surface area (Å²) in [6.07, 6.45) is 8.97. The van der Waals surface area contributed by atoms with Crippen molar-refractivity contribution in [2.45, 2.75) is 64.7 Å². The minimum Gasteiger partial charge on any atom is -0.508 e. The van der Waals surface area contributed by atoms with Gasteiger partial charge in [0.1, 0.15) is 35.2 Å². The van der Waals surface area contributed by atoms with Crippen LogP contribution in [-0.4, -0.2) is 76.1 Å². The molecule has 0 bridgehead atoms. The Morgan fingerprint density at radius 1 is 1.09 bits per heavy atom. The van der Waals surface area contributed by atoms with E-state index in [1.54, 1.807) is 4.90 Å². The number of aromatic hydroxyl groups is 1. The van der Waals surface area contributed by atoms with Gasteiger partial charge < -0.3 is 14.7 Å². The van der Waals surface area contributed by atoms with E-state index >= 15 is 4.39 Å². The lowest BCUT2D eigenvalue weighted by atomic mass is 9.95. The zero-order valence-electron chi connectivity index (χ0n) is 26.5. The van der Waals surface area contributed by atoms with Gasteiger partial charge in [-0.3, -0.25) is 10.2 Å². The van der Waals surface area contributed by atoms with Crippen LogP contribution in [0.2, 0.25) is 0 Å². The molecule has 242 valence electrons. The summed E-state index contributed by atoms with van der Waals surface area (Å²) in [6.45, 7) is 9.12. The number of aryl methyl sites for hydroxylation is 1. The number of phenols is 1. The molecule has 7 rings (SSSR count). The number of piperazine rings is 1. The SMILES string of the molecule is C#Cc1c(F)ccc2cc(O)cc(-c3nc(CC)c4c(N5CCNC(F)C5)nc(OCC56CCCN5CCC6)nc4c3F)c12.CC. The zero-order valence-corrected chi connectivity index (χ0v) is 26.5. The van der Waals surface area contributed by atoms with E-state index in [0.29, 0.717) is 48.4 Å². The van der Waals surface area contributed by atoms with E-state index in [1.165, 1.54) is 24.3 Å². The van der Waals surface area contributed by atoms with Gasteiger partial charge in [-0.1, -0.05) is 32.8 Å². The summed E-state index contributed by atoms with van der Waals surface area (Å²) in [5, 5.41) is 14.4. The van der Waals surface area contributed by atoms with Crippen molar-refractivity contribution in [3.05, 3.63) is 47.2 Å². The maximum Gasteiger partial charge on any atom is 0.319 e. The molecule has 5 heterocycles. The quantitative estimate of drug-likeness (QED) is 0.195. The van der Waals surface area contributed by atoms with Crippen molar-refractivity contribution in [1.29, 1.82) is 0 Å². The number of terminal acetylenes is 1. The molecule has 1 unspecified atom stereocenters. The van der Waals surface area contributed by atoms with Gasteiger partial charge in [0.05, 0.1) is 28.7 Å². The molecule has 3 saturated heterocycles. The first-order chi connectivity index (χ1) is 22.3. The summed E-state index contributed by atoms with van der Waals surface area (Å²) in [6, 6.07) is 5.47. The predicted molar refractivity (Wildman–Crippen MR) is 174 cm³/mol. The molecule has 2 aromatic heterocycles. The lowest BCUT2D eigenvalue weighted by Crippen LogP contribution is -2.49. The number of rotatable bonds is 6. The second kappa shape index (κ2) is 12.9. The van der Waals surface area contributed by atoms with Crippen molar-refractivity contribution in [3.63, 3.8) is 0 Å². The van der Waals surface area contributed by atoms with Crippen molar-refractivity contribution < 1.29 is 23.0 Å². The van der Waals surface area contributed by atoms with E-state index in [-0.39, 0.29) is 51.6 Å².